The second-order valence-electron chi connectivity index (χ2n) is 27.3. The highest BCUT2D eigenvalue weighted by atomic mass is 16.7. The number of carbonyl (C=O) groups is 3. The zero-order chi connectivity index (χ0) is 63.3. The number of ether oxygens (including phenoxy) is 4. The van der Waals surface area contributed by atoms with Gasteiger partial charge in [0.05, 0.1) is 40.3 Å². The van der Waals surface area contributed by atoms with E-state index in [1.54, 1.807) is 0 Å². The van der Waals surface area contributed by atoms with Gasteiger partial charge >= 0.3 is 11.9 Å². The Kier molecular flexibility index (Phi) is 67.4. The Balaban J connectivity index is 3.98. The first-order valence-corrected chi connectivity index (χ1v) is 38.1. The first kappa shape index (κ1) is 84.5. The Morgan fingerprint density at radius 3 is 0.920 bits per heavy atom. The molecule has 0 saturated heterocycles. The summed E-state index contributed by atoms with van der Waals surface area (Å²) >= 11 is 0. The summed E-state index contributed by atoms with van der Waals surface area (Å²) in [4.78, 5) is 37.5. The minimum absolute atomic E-state index is 0.149. The first-order chi connectivity index (χ1) is 42.6. The molecule has 0 bridgehead atoms. The summed E-state index contributed by atoms with van der Waals surface area (Å²) in [5.41, 5.74) is 0. The van der Waals surface area contributed by atoms with Gasteiger partial charge in [0.25, 0.3) is 0 Å². The van der Waals surface area contributed by atoms with E-state index in [1.165, 1.54) is 302 Å². The van der Waals surface area contributed by atoms with Crippen LogP contribution in [0.2, 0.25) is 0 Å². The number of carboxylic acid groups (broad SMARTS) is 1. The predicted octanol–water partition coefficient (Wildman–Crippen LogP) is 22.6. The molecule has 2 atom stereocenters. The second kappa shape index (κ2) is 69.4. The van der Waals surface area contributed by atoms with Crippen LogP contribution in [0.4, 0.5) is 0 Å². The van der Waals surface area contributed by atoms with E-state index in [9.17, 15) is 19.5 Å². The lowest BCUT2D eigenvalue weighted by molar-refractivity contribution is -0.870. The van der Waals surface area contributed by atoms with Crippen LogP contribution in [0.5, 0.6) is 0 Å². The fourth-order valence-corrected chi connectivity index (χ4v) is 11.6. The van der Waals surface area contributed by atoms with Gasteiger partial charge in [-0.25, -0.2) is 0 Å². The summed E-state index contributed by atoms with van der Waals surface area (Å²) < 4.78 is 22.8. The van der Waals surface area contributed by atoms with Crippen LogP contribution >= 0.6 is 0 Å². The smallest absolute Gasteiger partial charge is 0.306 e. The van der Waals surface area contributed by atoms with E-state index in [0.29, 0.717) is 23.9 Å². The molecule has 0 N–H and O–H groups in total. The van der Waals surface area contributed by atoms with E-state index in [-0.39, 0.29) is 32.2 Å². The molecule has 0 amide bonds. The number of aliphatic carboxylic acids is 1. The number of likely N-dealkylation sites (N-methyl/N-ethyl adjacent to an activating group) is 1. The molecule has 2 unspecified atom stereocenters. The summed E-state index contributed by atoms with van der Waals surface area (Å²) in [5.74, 6) is -2.26. The van der Waals surface area contributed by atoms with Crippen molar-refractivity contribution in [1.29, 1.82) is 0 Å². The van der Waals surface area contributed by atoms with Crippen molar-refractivity contribution in [2.45, 2.75) is 399 Å². The van der Waals surface area contributed by atoms with Crippen molar-refractivity contribution >= 4 is 17.9 Å². The highest BCUT2D eigenvalue weighted by molar-refractivity contribution is 5.70. The molecule has 0 aromatic carbocycles. The van der Waals surface area contributed by atoms with Crippen molar-refractivity contribution in [3.63, 3.8) is 0 Å². The normalized spacial score (nSPS) is 12.8. The van der Waals surface area contributed by atoms with Gasteiger partial charge in [0.2, 0.25) is 0 Å². The zero-order valence-corrected chi connectivity index (χ0v) is 58.7. The van der Waals surface area contributed by atoms with Crippen molar-refractivity contribution in [3.05, 3.63) is 36.5 Å². The van der Waals surface area contributed by atoms with Gasteiger partial charge in [-0.15, -0.1) is 0 Å². The number of carbonyl (C=O) groups excluding carboxylic acids is 3. The van der Waals surface area contributed by atoms with Crippen molar-refractivity contribution in [1.82, 2.24) is 0 Å². The topological polar surface area (TPSA) is 111 Å². The van der Waals surface area contributed by atoms with E-state index in [2.05, 4.69) is 50.3 Å². The van der Waals surface area contributed by atoms with Crippen molar-refractivity contribution in [3.8, 4) is 0 Å². The fourth-order valence-electron chi connectivity index (χ4n) is 11.6. The molecule has 0 aliphatic heterocycles. The monoisotopic (exact) mass is 1230 g/mol. The average Bonchev–Trinajstić information content (AvgIpc) is 3.59. The molecule has 9 nitrogen and oxygen atoms in total. The van der Waals surface area contributed by atoms with E-state index in [4.69, 9.17) is 18.9 Å². The highest BCUT2D eigenvalue weighted by Crippen LogP contribution is 2.19. The Morgan fingerprint density at radius 1 is 0.345 bits per heavy atom. The van der Waals surface area contributed by atoms with Gasteiger partial charge in [-0.1, -0.05) is 359 Å². The summed E-state index contributed by atoms with van der Waals surface area (Å²) in [6.07, 6.45) is 85.5. The van der Waals surface area contributed by atoms with E-state index in [0.717, 1.165) is 51.4 Å². The molecule has 0 saturated carbocycles. The van der Waals surface area contributed by atoms with Gasteiger partial charge in [-0.2, -0.15) is 0 Å². The van der Waals surface area contributed by atoms with E-state index < -0.39 is 24.3 Å². The maximum absolute atomic E-state index is 12.9. The summed E-state index contributed by atoms with van der Waals surface area (Å²) in [6.45, 7) is 4.80. The molecule has 0 aliphatic carbocycles. The maximum Gasteiger partial charge on any atom is 0.306 e. The molecule has 0 spiro atoms. The molecule has 0 fully saturated rings. The summed E-state index contributed by atoms with van der Waals surface area (Å²) in [5, 5.41) is 11.8. The highest BCUT2D eigenvalue weighted by Gasteiger charge is 2.22. The number of esters is 2. The van der Waals surface area contributed by atoms with Crippen LogP contribution in [0.15, 0.2) is 36.5 Å². The number of allylic oxidation sites excluding steroid dienone is 6. The lowest BCUT2D eigenvalue weighted by Gasteiger charge is -2.26. The molecule has 512 valence electrons. The van der Waals surface area contributed by atoms with Gasteiger partial charge in [-0.3, -0.25) is 9.59 Å². The second-order valence-corrected chi connectivity index (χ2v) is 27.3. The van der Waals surface area contributed by atoms with Gasteiger partial charge in [-0.05, 0) is 51.4 Å². The third-order valence-electron chi connectivity index (χ3n) is 17.4. The summed E-state index contributed by atoms with van der Waals surface area (Å²) in [6, 6.07) is 0. The molecule has 0 heterocycles. The van der Waals surface area contributed by atoms with Crippen molar-refractivity contribution in [2.75, 3.05) is 47.5 Å². The lowest BCUT2D eigenvalue weighted by atomic mass is 10.0. The SMILES string of the molecule is CCCCCCC/C=C\C/C=C\C/C=C\CCCCCCCCCCCCC(=O)OC(COC(=O)CCCCCCCCCCCCCCCCCCCCCCCCCCCCCCCCCCCCCCC)COC(OCC[N+](C)(C)C)C(=O)[O-]. The number of unbranched alkanes of at least 4 members (excludes halogenated alkanes) is 51. The molecule has 0 aromatic heterocycles. The first-order valence-electron chi connectivity index (χ1n) is 38.1. The van der Waals surface area contributed by atoms with Crippen LogP contribution < -0.4 is 5.11 Å². The number of hydrogen-bond acceptors (Lipinski definition) is 8. The molecular formula is C78H147NO8. The van der Waals surface area contributed by atoms with E-state index >= 15 is 0 Å². The summed E-state index contributed by atoms with van der Waals surface area (Å²) in [7, 11) is 5.94. The van der Waals surface area contributed by atoms with Gasteiger partial charge in [0.1, 0.15) is 13.2 Å². The van der Waals surface area contributed by atoms with Crippen LogP contribution in [0.1, 0.15) is 386 Å². The Hall–Kier alpha value is -2.49. The molecular weight excluding hydrogens is 1080 g/mol. The molecule has 87 heavy (non-hydrogen) atoms. The van der Waals surface area contributed by atoms with Crippen molar-refractivity contribution in [2.24, 2.45) is 0 Å². The minimum atomic E-state index is -1.62. The zero-order valence-electron chi connectivity index (χ0n) is 58.7. The molecule has 0 aromatic rings. The number of quaternary nitrogens is 1. The van der Waals surface area contributed by atoms with Crippen LogP contribution in [-0.4, -0.2) is 82.3 Å². The third kappa shape index (κ3) is 70.8. The number of carboxylic acids is 1. The molecule has 9 heteroatoms. The third-order valence-corrected chi connectivity index (χ3v) is 17.4. The average molecular weight is 1230 g/mol. The molecule has 0 radical (unpaired) electrons. The molecule has 0 rings (SSSR count). The van der Waals surface area contributed by atoms with Crippen LogP contribution in [0.3, 0.4) is 0 Å². The Bertz CT molecular complexity index is 1520. The minimum Gasteiger partial charge on any atom is -0.545 e. The van der Waals surface area contributed by atoms with Gasteiger partial charge < -0.3 is 33.3 Å². The predicted molar refractivity (Wildman–Crippen MR) is 371 cm³/mol. The van der Waals surface area contributed by atoms with Crippen LogP contribution in [0, 0.1) is 0 Å². The number of hydrogen-bond donors (Lipinski definition) is 0. The van der Waals surface area contributed by atoms with Crippen LogP contribution in [-0.2, 0) is 33.3 Å². The largest absolute Gasteiger partial charge is 0.545 e. The van der Waals surface area contributed by atoms with Gasteiger partial charge in [0, 0.05) is 12.8 Å². The lowest BCUT2D eigenvalue weighted by Crippen LogP contribution is -2.44. The standard InChI is InChI=1S/C78H147NO8/c1-6-8-10-12-14-16-18-20-22-24-26-28-30-32-33-34-35-36-37-38-39-40-41-42-43-45-46-48-50-52-54-56-58-60-62-64-66-68-75(80)85-72-74(73-86-78(77(82)83)84-71-70-79(3,4)5)87-76(81)69-67-65-63-61-59-57-55-53-51-49-47-44-31-29-27-25-23-21-19-17-15-13-11-9-7-2/h19,21,25,27,31,44,74,78H,6-18,20,22-24,26,28-30,32-43,45-73H2,1-5H3/b21-19-,27-25-,44-31-. The van der Waals surface area contributed by atoms with Gasteiger partial charge in [0.15, 0.2) is 12.4 Å². The Morgan fingerprint density at radius 2 is 0.621 bits per heavy atom. The van der Waals surface area contributed by atoms with Crippen molar-refractivity contribution < 1.29 is 42.9 Å². The van der Waals surface area contributed by atoms with Crippen LogP contribution in [0.25, 0.3) is 0 Å². The fraction of sp³-hybridized carbons (Fsp3) is 0.885. The Labute approximate surface area is 540 Å². The number of nitrogens with zero attached hydrogens (tertiary/aromatic N) is 1. The molecule has 0 aliphatic rings. The maximum atomic E-state index is 12.9. The number of rotatable bonds is 72. The van der Waals surface area contributed by atoms with E-state index in [1.807, 2.05) is 21.1 Å². The quantitative estimate of drug-likeness (QED) is 0.0195.